The molecule has 2 aromatic rings. The number of nitrogens with zero attached hydrogens (tertiary/aromatic N) is 2. The van der Waals surface area contributed by atoms with Gasteiger partial charge in [0, 0.05) is 0 Å². The highest BCUT2D eigenvalue weighted by Gasteiger charge is 2.48. The Bertz CT molecular complexity index is 855. The van der Waals surface area contributed by atoms with Gasteiger partial charge in [-0.2, -0.15) is 0 Å². The molecule has 4 rings (SSSR count). The van der Waals surface area contributed by atoms with Gasteiger partial charge in [-0.3, -0.25) is 19.3 Å². The van der Waals surface area contributed by atoms with Gasteiger partial charge >= 0.3 is 5.97 Å². The van der Waals surface area contributed by atoms with Gasteiger partial charge in [-0.15, -0.1) is 11.3 Å². The molecule has 6 nitrogen and oxygen atoms in total. The Morgan fingerprint density at radius 2 is 1.92 bits per heavy atom. The summed E-state index contributed by atoms with van der Waals surface area (Å²) in [6.07, 6.45) is 3.60. The van der Waals surface area contributed by atoms with Gasteiger partial charge in [0.1, 0.15) is 0 Å². The van der Waals surface area contributed by atoms with Crippen molar-refractivity contribution in [2.75, 3.05) is 10.7 Å². The maximum Gasteiger partial charge on any atom is 0.313 e. The van der Waals surface area contributed by atoms with Crippen LogP contribution in [0.1, 0.15) is 25.7 Å². The van der Waals surface area contributed by atoms with Crippen molar-refractivity contribution in [2.45, 2.75) is 30.0 Å². The third-order valence-electron chi connectivity index (χ3n) is 4.77. The highest BCUT2D eigenvalue weighted by Crippen LogP contribution is 2.41. The molecule has 2 fully saturated rings. The molecular weight excluding hydrogens is 360 g/mol. The number of anilines is 1. The standard InChI is InChI=1S/C17H16N2O4S2/c20-14(21)8-24-17-18-12-6-5-9(7-13(12)25-17)19-15(22)10-3-1-2-4-11(10)16(19)23/h5-7,10-11H,1-4,8H2,(H,20,21)/t10-,11-/m0/s1. The Labute approximate surface area is 152 Å². The van der Waals surface area contributed by atoms with E-state index in [1.807, 2.05) is 6.07 Å². The first-order chi connectivity index (χ1) is 12.0. The van der Waals surface area contributed by atoms with E-state index in [9.17, 15) is 14.4 Å². The summed E-state index contributed by atoms with van der Waals surface area (Å²) >= 11 is 2.55. The summed E-state index contributed by atoms with van der Waals surface area (Å²) < 4.78 is 1.52. The average Bonchev–Trinajstić information content (AvgIpc) is 3.12. The number of imide groups is 1. The lowest BCUT2D eigenvalue weighted by Crippen LogP contribution is -2.30. The smallest absolute Gasteiger partial charge is 0.313 e. The Kier molecular flexibility index (Phi) is 4.24. The van der Waals surface area contributed by atoms with E-state index in [1.165, 1.54) is 28.0 Å². The normalized spacial score (nSPS) is 23.3. The summed E-state index contributed by atoms with van der Waals surface area (Å²) in [7, 11) is 0. The van der Waals surface area contributed by atoms with Crippen LogP contribution in [0.4, 0.5) is 5.69 Å². The molecule has 0 radical (unpaired) electrons. The molecular formula is C17H16N2O4S2. The van der Waals surface area contributed by atoms with E-state index in [0.29, 0.717) is 10.0 Å². The molecule has 1 N–H and O–H groups in total. The largest absolute Gasteiger partial charge is 0.481 e. The van der Waals surface area contributed by atoms with E-state index < -0.39 is 5.97 Å². The second kappa shape index (κ2) is 6.42. The lowest BCUT2D eigenvalue weighted by Gasteiger charge is -2.19. The molecule has 0 unspecified atom stereocenters. The number of aliphatic carboxylic acids is 1. The minimum absolute atomic E-state index is 0.0425. The first-order valence-corrected chi connectivity index (χ1v) is 9.98. The first-order valence-electron chi connectivity index (χ1n) is 8.17. The molecule has 1 aliphatic heterocycles. The van der Waals surface area contributed by atoms with Crippen molar-refractivity contribution >= 4 is 56.8 Å². The Hall–Kier alpha value is -1.93. The summed E-state index contributed by atoms with van der Waals surface area (Å²) in [4.78, 5) is 41.8. The predicted octanol–water partition coefficient (Wildman–Crippen LogP) is 3.15. The highest BCUT2D eigenvalue weighted by molar-refractivity contribution is 8.01. The van der Waals surface area contributed by atoms with Crippen molar-refractivity contribution in [3.8, 4) is 0 Å². The number of aromatic nitrogens is 1. The van der Waals surface area contributed by atoms with Crippen molar-refractivity contribution in [3.63, 3.8) is 0 Å². The minimum atomic E-state index is -0.888. The zero-order chi connectivity index (χ0) is 17.6. The van der Waals surface area contributed by atoms with Gasteiger partial charge in [0.2, 0.25) is 11.8 Å². The van der Waals surface area contributed by atoms with Crippen molar-refractivity contribution in [2.24, 2.45) is 11.8 Å². The molecule has 0 bridgehead atoms. The molecule has 130 valence electrons. The van der Waals surface area contributed by atoms with Crippen LogP contribution in [-0.4, -0.2) is 33.6 Å². The maximum absolute atomic E-state index is 12.7. The number of carbonyl (C=O) groups is 3. The monoisotopic (exact) mass is 376 g/mol. The number of carboxylic acids is 1. The fourth-order valence-corrected chi connectivity index (χ4v) is 5.45. The molecule has 1 aromatic heterocycles. The van der Waals surface area contributed by atoms with Gasteiger partial charge in [0.05, 0.1) is 33.5 Å². The Morgan fingerprint density at radius 1 is 1.24 bits per heavy atom. The number of amides is 2. The highest BCUT2D eigenvalue weighted by atomic mass is 32.2. The fraction of sp³-hybridized carbons (Fsp3) is 0.412. The molecule has 2 heterocycles. The van der Waals surface area contributed by atoms with Crippen LogP contribution in [0, 0.1) is 11.8 Å². The number of benzene rings is 1. The van der Waals surface area contributed by atoms with Crippen molar-refractivity contribution in [1.82, 2.24) is 4.98 Å². The summed E-state index contributed by atoms with van der Waals surface area (Å²) in [5.74, 6) is -1.43. The molecule has 1 saturated carbocycles. The van der Waals surface area contributed by atoms with E-state index in [0.717, 1.165) is 35.9 Å². The van der Waals surface area contributed by atoms with Crippen molar-refractivity contribution in [1.29, 1.82) is 0 Å². The number of hydrogen-bond acceptors (Lipinski definition) is 6. The molecule has 1 saturated heterocycles. The molecule has 2 atom stereocenters. The van der Waals surface area contributed by atoms with E-state index >= 15 is 0 Å². The van der Waals surface area contributed by atoms with Crippen LogP contribution in [-0.2, 0) is 14.4 Å². The zero-order valence-electron chi connectivity index (χ0n) is 13.3. The number of carbonyl (C=O) groups excluding carboxylic acids is 2. The molecule has 25 heavy (non-hydrogen) atoms. The first kappa shape index (κ1) is 16.5. The molecule has 0 spiro atoms. The van der Waals surface area contributed by atoms with Crippen LogP contribution in [0.2, 0.25) is 0 Å². The third kappa shape index (κ3) is 2.93. The number of thiazole rings is 1. The van der Waals surface area contributed by atoms with Crippen LogP contribution in [0.5, 0.6) is 0 Å². The Balaban J connectivity index is 1.64. The van der Waals surface area contributed by atoms with Gasteiger partial charge in [-0.1, -0.05) is 24.6 Å². The predicted molar refractivity (Wildman–Crippen MR) is 95.9 cm³/mol. The molecule has 8 heteroatoms. The summed E-state index contributed by atoms with van der Waals surface area (Å²) in [6.45, 7) is 0. The summed E-state index contributed by atoms with van der Waals surface area (Å²) in [5, 5.41) is 8.77. The maximum atomic E-state index is 12.7. The van der Waals surface area contributed by atoms with Crippen LogP contribution in [0.25, 0.3) is 10.2 Å². The average molecular weight is 376 g/mol. The lowest BCUT2D eigenvalue weighted by molar-refractivity contribution is -0.134. The SMILES string of the molecule is O=C(O)CSc1nc2ccc(N3C(=O)[C@H]4CCCC[C@@H]4C3=O)cc2s1. The quantitative estimate of drug-likeness (QED) is 0.651. The number of hydrogen-bond donors (Lipinski definition) is 1. The molecule has 1 aliphatic carbocycles. The van der Waals surface area contributed by atoms with Gasteiger partial charge in [0.25, 0.3) is 0 Å². The second-order valence-electron chi connectivity index (χ2n) is 6.32. The zero-order valence-corrected chi connectivity index (χ0v) is 14.9. The van der Waals surface area contributed by atoms with Crippen LogP contribution in [0.15, 0.2) is 22.5 Å². The van der Waals surface area contributed by atoms with Gasteiger partial charge in [-0.05, 0) is 31.0 Å². The topological polar surface area (TPSA) is 87.6 Å². The number of fused-ring (bicyclic) bond motifs is 2. The lowest BCUT2D eigenvalue weighted by atomic mass is 9.81. The summed E-state index contributed by atoms with van der Waals surface area (Å²) in [6, 6.07) is 5.35. The van der Waals surface area contributed by atoms with Gasteiger partial charge < -0.3 is 5.11 Å². The van der Waals surface area contributed by atoms with E-state index in [2.05, 4.69) is 4.98 Å². The van der Waals surface area contributed by atoms with E-state index in [4.69, 9.17) is 5.11 Å². The van der Waals surface area contributed by atoms with Crippen LogP contribution < -0.4 is 4.90 Å². The molecule has 2 amide bonds. The Morgan fingerprint density at radius 3 is 2.56 bits per heavy atom. The molecule has 1 aromatic carbocycles. The number of thioether (sulfide) groups is 1. The van der Waals surface area contributed by atoms with Gasteiger partial charge in [0.15, 0.2) is 4.34 Å². The second-order valence-corrected chi connectivity index (χ2v) is 8.58. The third-order valence-corrected chi connectivity index (χ3v) is 6.92. The van der Waals surface area contributed by atoms with Crippen molar-refractivity contribution in [3.05, 3.63) is 18.2 Å². The minimum Gasteiger partial charge on any atom is -0.481 e. The summed E-state index contributed by atoms with van der Waals surface area (Å²) in [5.41, 5.74) is 1.34. The fourth-order valence-electron chi connectivity index (χ4n) is 3.63. The van der Waals surface area contributed by atoms with E-state index in [1.54, 1.807) is 12.1 Å². The van der Waals surface area contributed by atoms with Crippen LogP contribution >= 0.6 is 23.1 Å². The number of rotatable bonds is 4. The van der Waals surface area contributed by atoms with Crippen molar-refractivity contribution < 1.29 is 19.5 Å². The van der Waals surface area contributed by atoms with Crippen LogP contribution in [0.3, 0.4) is 0 Å². The molecule has 2 aliphatic rings. The van der Waals surface area contributed by atoms with E-state index in [-0.39, 0.29) is 29.4 Å². The van der Waals surface area contributed by atoms with Gasteiger partial charge in [-0.25, -0.2) is 4.98 Å². The number of carboxylic acid groups (broad SMARTS) is 1.